The van der Waals surface area contributed by atoms with Gasteiger partial charge in [0.1, 0.15) is 5.75 Å². The molecule has 0 atom stereocenters. The number of rotatable bonds is 5. The molecule has 2 amide bonds. The topological polar surface area (TPSA) is 46.6 Å². The second-order valence-electron chi connectivity index (χ2n) is 5.47. The molecule has 7 heteroatoms. The minimum atomic E-state index is -0.293. The fourth-order valence-corrected chi connectivity index (χ4v) is 4.11. The molecule has 0 spiro atoms. The van der Waals surface area contributed by atoms with Gasteiger partial charge in [-0.1, -0.05) is 50.1 Å². The summed E-state index contributed by atoms with van der Waals surface area (Å²) >= 11 is 7.83. The van der Waals surface area contributed by atoms with E-state index in [-0.39, 0.29) is 17.7 Å². The van der Waals surface area contributed by atoms with E-state index in [1.54, 1.807) is 6.08 Å². The van der Waals surface area contributed by atoms with Crippen LogP contribution in [0.3, 0.4) is 0 Å². The van der Waals surface area contributed by atoms with Gasteiger partial charge in [0, 0.05) is 14.5 Å². The number of hydrogen-bond donors (Lipinski definition) is 0. The first-order valence-electron chi connectivity index (χ1n) is 7.90. The van der Waals surface area contributed by atoms with Gasteiger partial charge in [-0.15, -0.1) is 0 Å². The minimum absolute atomic E-state index is 0.236. The van der Waals surface area contributed by atoms with Gasteiger partial charge >= 0.3 is 0 Å². The number of carbonyl (C=O) groups excluding carboxylic acids is 2. The lowest BCUT2D eigenvalue weighted by Crippen LogP contribution is -2.27. The molecule has 1 saturated heterocycles. The molecule has 0 radical (unpaired) electrons. The summed E-state index contributed by atoms with van der Waals surface area (Å²) in [5.74, 6) is 0.381. The Morgan fingerprint density at radius 1 is 1.15 bits per heavy atom. The average molecular weight is 497 g/mol. The van der Waals surface area contributed by atoms with E-state index in [1.807, 2.05) is 49.4 Å². The molecule has 3 rings (SSSR count). The van der Waals surface area contributed by atoms with E-state index in [1.165, 1.54) is 4.90 Å². The third kappa shape index (κ3) is 4.22. The Hall–Kier alpha value is -1.57. The van der Waals surface area contributed by atoms with Crippen LogP contribution in [-0.4, -0.2) is 22.7 Å². The summed E-state index contributed by atoms with van der Waals surface area (Å²) in [4.78, 5) is 26.7. The highest BCUT2D eigenvalue weighted by Gasteiger charge is 2.35. The maximum Gasteiger partial charge on any atom is 0.293 e. The molecule has 0 unspecified atom stereocenters. The predicted octanol–water partition coefficient (Wildman–Crippen LogP) is 5.85. The molecule has 4 nitrogen and oxygen atoms in total. The van der Waals surface area contributed by atoms with Gasteiger partial charge in [0.25, 0.3) is 11.1 Å². The first-order valence-corrected chi connectivity index (χ1v) is 10.3. The SMILES string of the molecule is CCOc1ccc(Br)cc1/C=C1/SC(=O)N(Cc2ccccc2Br)C1=O. The quantitative estimate of drug-likeness (QED) is 0.487. The Bertz CT molecular complexity index is 898. The maximum atomic E-state index is 12.7. The molecular weight excluding hydrogens is 482 g/mol. The first-order chi connectivity index (χ1) is 12.5. The van der Waals surface area contributed by atoms with Crippen molar-refractivity contribution in [2.45, 2.75) is 13.5 Å². The van der Waals surface area contributed by atoms with Crippen molar-refractivity contribution in [3.05, 3.63) is 67.4 Å². The summed E-state index contributed by atoms with van der Waals surface area (Å²) in [6.45, 7) is 2.66. The van der Waals surface area contributed by atoms with E-state index in [2.05, 4.69) is 31.9 Å². The smallest absolute Gasteiger partial charge is 0.293 e. The molecular formula is C19H15Br2NO3S. The summed E-state index contributed by atoms with van der Waals surface area (Å²) in [7, 11) is 0. The Kier molecular flexibility index (Phi) is 6.21. The van der Waals surface area contributed by atoms with Crippen molar-refractivity contribution in [3.63, 3.8) is 0 Å². The first kappa shape index (κ1) is 19.2. The van der Waals surface area contributed by atoms with Crippen molar-refractivity contribution in [2.24, 2.45) is 0 Å². The second kappa shape index (κ2) is 8.41. The van der Waals surface area contributed by atoms with Crippen LogP contribution in [0.25, 0.3) is 6.08 Å². The van der Waals surface area contributed by atoms with Crippen LogP contribution in [0.15, 0.2) is 56.3 Å². The molecule has 26 heavy (non-hydrogen) atoms. The van der Waals surface area contributed by atoms with Crippen LogP contribution >= 0.6 is 43.6 Å². The van der Waals surface area contributed by atoms with Crippen LogP contribution < -0.4 is 4.74 Å². The summed E-state index contributed by atoms with van der Waals surface area (Å²) < 4.78 is 7.36. The molecule has 0 aliphatic carbocycles. The molecule has 2 aromatic rings. The number of thioether (sulfide) groups is 1. The summed E-state index contributed by atoms with van der Waals surface area (Å²) in [5, 5.41) is -0.273. The van der Waals surface area contributed by atoms with Crippen LogP contribution in [0.4, 0.5) is 4.79 Å². The van der Waals surface area contributed by atoms with Gasteiger partial charge in [0.05, 0.1) is 18.1 Å². The van der Waals surface area contributed by atoms with Crippen LogP contribution in [0.1, 0.15) is 18.1 Å². The Labute approximate surface area is 172 Å². The molecule has 134 valence electrons. The van der Waals surface area contributed by atoms with E-state index in [4.69, 9.17) is 4.74 Å². The van der Waals surface area contributed by atoms with E-state index < -0.39 is 0 Å². The van der Waals surface area contributed by atoms with E-state index in [0.29, 0.717) is 17.3 Å². The fourth-order valence-electron chi connectivity index (χ4n) is 2.49. The lowest BCUT2D eigenvalue weighted by atomic mass is 10.1. The summed E-state index contributed by atoms with van der Waals surface area (Å²) in [6, 6.07) is 13.1. The van der Waals surface area contributed by atoms with Crippen LogP contribution in [-0.2, 0) is 11.3 Å². The number of nitrogens with zero attached hydrogens (tertiary/aromatic N) is 1. The molecule has 1 fully saturated rings. The zero-order chi connectivity index (χ0) is 18.7. The molecule has 1 heterocycles. The number of ether oxygens (including phenoxy) is 1. The molecule has 0 aromatic heterocycles. The van der Waals surface area contributed by atoms with Gasteiger partial charge in [0.15, 0.2) is 0 Å². The zero-order valence-corrected chi connectivity index (χ0v) is 17.9. The van der Waals surface area contributed by atoms with Gasteiger partial charge in [-0.05, 0) is 54.6 Å². The van der Waals surface area contributed by atoms with Crippen LogP contribution in [0, 0.1) is 0 Å². The number of benzene rings is 2. The minimum Gasteiger partial charge on any atom is -0.493 e. The Morgan fingerprint density at radius 2 is 1.92 bits per heavy atom. The molecule has 1 aliphatic rings. The average Bonchev–Trinajstić information content (AvgIpc) is 2.87. The highest BCUT2D eigenvalue weighted by Crippen LogP contribution is 2.36. The number of carbonyl (C=O) groups is 2. The normalized spacial score (nSPS) is 15.8. The van der Waals surface area contributed by atoms with E-state index >= 15 is 0 Å². The van der Waals surface area contributed by atoms with E-state index in [9.17, 15) is 9.59 Å². The molecule has 0 bridgehead atoms. The largest absolute Gasteiger partial charge is 0.493 e. The predicted molar refractivity (Wildman–Crippen MR) is 111 cm³/mol. The summed E-state index contributed by atoms with van der Waals surface area (Å²) in [5.41, 5.74) is 1.64. The van der Waals surface area contributed by atoms with Crippen molar-refractivity contribution in [3.8, 4) is 5.75 Å². The number of imide groups is 1. The van der Waals surface area contributed by atoms with Gasteiger partial charge in [0.2, 0.25) is 0 Å². The highest BCUT2D eigenvalue weighted by atomic mass is 79.9. The van der Waals surface area contributed by atoms with Crippen LogP contribution in [0.5, 0.6) is 5.75 Å². The van der Waals surface area contributed by atoms with Gasteiger partial charge < -0.3 is 4.74 Å². The number of amides is 2. The van der Waals surface area contributed by atoms with E-state index in [0.717, 1.165) is 31.8 Å². The Balaban J connectivity index is 1.88. The van der Waals surface area contributed by atoms with Gasteiger partial charge in [-0.2, -0.15) is 0 Å². The monoisotopic (exact) mass is 495 g/mol. The van der Waals surface area contributed by atoms with Crippen molar-refractivity contribution in [2.75, 3.05) is 6.61 Å². The maximum absolute atomic E-state index is 12.7. The fraction of sp³-hybridized carbons (Fsp3) is 0.158. The third-order valence-electron chi connectivity index (χ3n) is 3.72. The van der Waals surface area contributed by atoms with Gasteiger partial charge in [-0.3, -0.25) is 14.5 Å². The molecule has 2 aromatic carbocycles. The van der Waals surface area contributed by atoms with Crippen molar-refractivity contribution in [1.82, 2.24) is 4.90 Å². The van der Waals surface area contributed by atoms with Crippen LogP contribution in [0.2, 0.25) is 0 Å². The lowest BCUT2D eigenvalue weighted by molar-refractivity contribution is -0.123. The van der Waals surface area contributed by atoms with Crippen molar-refractivity contribution >= 4 is 60.8 Å². The number of halogens is 2. The van der Waals surface area contributed by atoms with Gasteiger partial charge in [-0.25, -0.2) is 0 Å². The lowest BCUT2D eigenvalue weighted by Gasteiger charge is -2.13. The second-order valence-corrected chi connectivity index (χ2v) is 8.24. The molecule has 0 N–H and O–H groups in total. The third-order valence-corrected chi connectivity index (χ3v) is 5.89. The Morgan fingerprint density at radius 3 is 2.65 bits per heavy atom. The molecule has 1 aliphatic heterocycles. The number of hydrogen-bond acceptors (Lipinski definition) is 4. The molecule has 0 saturated carbocycles. The highest BCUT2D eigenvalue weighted by molar-refractivity contribution is 9.10. The zero-order valence-electron chi connectivity index (χ0n) is 13.9. The standard InChI is InChI=1S/C19H15Br2NO3S/c1-2-25-16-8-7-14(20)9-13(16)10-17-18(23)22(19(24)26-17)11-12-5-3-4-6-15(12)21/h3-10H,2,11H2,1H3/b17-10+. The van der Waals surface area contributed by atoms with Crippen molar-refractivity contribution in [1.29, 1.82) is 0 Å². The van der Waals surface area contributed by atoms with Crippen molar-refractivity contribution < 1.29 is 14.3 Å². The summed E-state index contributed by atoms with van der Waals surface area (Å²) in [6.07, 6.45) is 1.71.